The molecule has 0 aliphatic carbocycles. The van der Waals surface area contributed by atoms with Gasteiger partial charge in [0.15, 0.2) is 5.96 Å². The molecule has 2 heterocycles. The number of aliphatic imine (C=N–C) groups is 1. The Labute approximate surface area is 138 Å². The smallest absolute Gasteiger partial charge is 0.188 e. The average molecular weight is 392 g/mol. The lowest BCUT2D eigenvalue weighted by atomic mass is 10.2. The molecule has 2 rings (SSSR count). The lowest BCUT2D eigenvalue weighted by molar-refractivity contribution is 0.221. The average Bonchev–Trinajstić information content (AvgIpc) is 3.09. The molecule has 6 heteroatoms. The van der Waals surface area contributed by atoms with E-state index in [0.717, 1.165) is 31.8 Å². The second-order valence-electron chi connectivity index (χ2n) is 4.93. The molecule has 3 N–H and O–H groups in total. The van der Waals surface area contributed by atoms with E-state index in [2.05, 4.69) is 22.1 Å². The van der Waals surface area contributed by atoms with Crippen LogP contribution in [0.15, 0.2) is 27.8 Å². The van der Waals surface area contributed by atoms with Crippen molar-refractivity contribution in [3.05, 3.63) is 24.2 Å². The van der Waals surface area contributed by atoms with Crippen LogP contribution in [-0.4, -0.2) is 37.0 Å². The summed E-state index contributed by atoms with van der Waals surface area (Å²) in [4.78, 5) is 6.87. The van der Waals surface area contributed by atoms with E-state index in [9.17, 15) is 0 Å². The van der Waals surface area contributed by atoms with Crippen molar-refractivity contribution >= 4 is 29.9 Å². The molecule has 1 aliphatic rings. The maximum Gasteiger partial charge on any atom is 0.188 e. The lowest BCUT2D eigenvalue weighted by Gasteiger charge is -2.24. The first kappa shape index (κ1) is 17.3. The third-order valence-corrected chi connectivity index (χ3v) is 3.44. The van der Waals surface area contributed by atoms with Gasteiger partial charge >= 0.3 is 0 Å². The van der Waals surface area contributed by atoms with Gasteiger partial charge in [0, 0.05) is 6.54 Å². The van der Waals surface area contributed by atoms with Crippen molar-refractivity contribution in [3.8, 4) is 0 Å². The highest BCUT2D eigenvalue weighted by atomic mass is 127. The van der Waals surface area contributed by atoms with Crippen LogP contribution in [0.4, 0.5) is 0 Å². The highest BCUT2D eigenvalue weighted by Gasteiger charge is 2.25. The molecule has 1 unspecified atom stereocenters. The molecule has 0 bridgehead atoms. The minimum atomic E-state index is 0. The number of nitrogens with two attached hydrogens (primary N) is 1. The van der Waals surface area contributed by atoms with Crippen LogP contribution in [0.2, 0.25) is 0 Å². The number of rotatable bonds is 6. The summed E-state index contributed by atoms with van der Waals surface area (Å²) in [6.45, 7) is 5.85. The minimum absolute atomic E-state index is 0. The fourth-order valence-electron chi connectivity index (χ4n) is 2.41. The molecule has 1 aromatic rings. The SMILES string of the molecule is CCCNC(N)=NCC(c1ccco1)N1CCCC1.I. The molecule has 1 saturated heterocycles. The summed E-state index contributed by atoms with van der Waals surface area (Å²) < 4.78 is 5.55. The third kappa shape index (κ3) is 4.97. The molecular formula is C14H25IN4O. The Hall–Kier alpha value is -0.760. The van der Waals surface area contributed by atoms with E-state index in [4.69, 9.17) is 10.2 Å². The van der Waals surface area contributed by atoms with E-state index in [0.29, 0.717) is 12.5 Å². The van der Waals surface area contributed by atoms with Gasteiger partial charge in [-0.1, -0.05) is 6.92 Å². The summed E-state index contributed by atoms with van der Waals surface area (Å²) in [5.41, 5.74) is 5.85. The van der Waals surface area contributed by atoms with E-state index in [-0.39, 0.29) is 30.0 Å². The number of furan rings is 1. The van der Waals surface area contributed by atoms with Gasteiger partial charge in [0.05, 0.1) is 18.8 Å². The van der Waals surface area contributed by atoms with Gasteiger partial charge in [-0.3, -0.25) is 9.89 Å². The first-order valence-corrected chi connectivity index (χ1v) is 7.12. The summed E-state index contributed by atoms with van der Waals surface area (Å²) in [5, 5.41) is 3.10. The number of likely N-dealkylation sites (tertiary alicyclic amines) is 1. The molecule has 0 aromatic carbocycles. The second-order valence-corrected chi connectivity index (χ2v) is 4.93. The molecule has 1 fully saturated rings. The quantitative estimate of drug-likeness (QED) is 0.443. The zero-order chi connectivity index (χ0) is 13.5. The molecular weight excluding hydrogens is 367 g/mol. The molecule has 0 saturated carbocycles. The fourth-order valence-corrected chi connectivity index (χ4v) is 2.41. The molecule has 1 atom stereocenters. The third-order valence-electron chi connectivity index (χ3n) is 3.44. The van der Waals surface area contributed by atoms with Crippen molar-refractivity contribution in [3.63, 3.8) is 0 Å². The highest BCUT2D eigenvalue weighted by molar-refractivity contribution is 14.0. The molecule has 1 aromatic heterocycles. The summed E-state index contributed by atoms with van der Waals surface area (Å²) in [7, 11) is 0. The van der Waals surface area contributed by atoms with E-state index in [1.54, 1.807) is 6.26 Å². The molecule has 0 amide bonds. The van der Waals surface area contributed by atoms with Crippen LogP contribution in [0.5, 0.6) is 0 Å². The van der Waals surface area contributed by atoms with Crippen LogP contribution in [0.1, 0.15) is 38.0 Å². The molecule has 5 nitrogen and oxygen atoms in total. The predicted octanol–water partition coefficient (Wildman–Crippen LogP) is 2.35. The summed E-state index contributed by atoms with van der Waals surface area (Å²) >= 11 is 0. The van der Waals surface area contributed by atoms with Gasteiger partial charge in [-0.2, -0.15) is 0 Å². The van der Waals surface area contributed by atoms with Crippen LogP contribution < -0.4 is 11.1 Å². The van der Waals surface area contributed by atoms with Crippen LogP contribution in [0, 0.1) is 0 Å². The number of halogens is 1. The van der Waals surface area contributed by atoms with E-state index in [1.807, 2.05) is 12.1 Å². The van der Waals surface area contributed by atoms with Crippen molar-refractivity contribution in [1.82, 2.24) is 10.2 Å². The Kier molecular flexibility index (Phi) is 7.98. The predicted molar refractivity (Wildman–Crippen MR) is 92.5 cm³/mol. The van der Waals surface area contributed by atoms with Crippen molar-refractivity contribution in [2.45, 2.75) is 32.2 Å². The molecule has 0 radical (unpaired) electrons. The first-order valence-electron chi connectivity index (χ1n) is 7.12. The number of nitrogens with zero attached hydrogens (tertiary/aromatic N) is 2. The lowest BCUT2D eigenvalue weighted by Crippen LogP contribution is -2.34. The van der Waals surface area contributed by atoms with Crippen molar-refractivity contribution < 1.29 is 4.42 Å². The summed E-state index contributed by atoms with van der Waals surface area (Å²) in [5.74, 6) is 1.51. The number of guanidine groups is 1. The van der Waals surface area contributed by atoms with Gasteiger partial charge in [-0.05, 0) is 44.5 Å². The van der Waals surface area contributed by atoms with Gasteiger partial charge in [0.25, 0.3) is 0 Å². The van der Waals surface area contributed by atoms with Gasteiger partial charge in [-0.15, -0.1) is 24.0 Å². The van der Waals surface area contributed by atoms with Crippen LogP contribution in [0.25, 0.3) is 0 Å². The summed E-state index contributed by atoms with van der Waals surface area (Å²) in [6.07, 6.45) is 5.28. The maximum absolute atomic E-state index is 5.85. The number of hydrogen-bond acceptors (Lipinski definition) is 3. The highest BCUT2D eigenvalue weighted by Crippen LogP contribution is 2.25. The Morgan fingerprint density at radius 2 is 2.25 bits per heavy atom. The zero-order valence-corrected chi connectivity index (χ0v) is 14.4. The van der Waals surface area contributed by atoms with E-state index >= 15 is 0 Å². The zero-order valence-electron chi connectivity index (χ0n) is 12.0. The molecule has 0 spiro atoms. The maximum atomic E-state index is 5.85. The summed E-state index contributed by atoms with van der Waals surface area (Å²) in [6, 6.07) is 4.16. The standard InChI is InChI=1S/C14H24N4O.HI/c1-2-7-16-14(15)17-11-12(13-6-5-10-19-13)18-8-3-4-9-18;/h5-6,10,12H,2-4,7-9,11H2,1H3,(H3,15,16,17);1H. The second kappa shape index (κ2) is 9.23. The number of hydrogen-bond donors (Lipinski definition) is 2. The number of nitrogens with one attached hydrogen (secondary N) is 1. The van der Waals surface area contributed by atoms with Gasteiger partial charge < -0.3 is 15.5 Å². The van der Waals surface area contributed by atoms with Crippen LogP contribution in [-0.2, 0) is 0 Å². The Morgan fingerprint density at radius 1 is 1.50 bits per heavy atom. The van der Waals surface area contributed by atoms with Crippen molar-refractivity contribution in [2.24, 2.45) is 10.7 Å². The fraction of sp³-hybridized carbons (Fsp3) is 0.643. The molecule has 1 aliphatic heterocycles. The van der Waals surface area contributed by atoms with Crippen molar-refractivity contribution in [2.75, 3.05) is 26.2 Å². The largest absolute Gasteiger partial charge is 0.468 e. The van der Waals surface area contributed by atoms with Crippen LogP contribution >= 0.6 is 24.0 Å². The molecule has 20 heavy (non-hydrogen) atoms. The normalized spacial score (nSPS) is 17.8. The van der Waals surface area contributed by atoms with E-state index < -0.39 is 0 Å². The van der Waals surface area contributed by atoms with Gasteiger partial charge in [-0.25, -0.2) is 0 Å². The first-order chi connectivity index (χ1) is 9.31. The van der Waals surface area contributed by atoms with Crippen molar-refractivity contribution in [1.29, 1.82) is 0 Å². The Morgan fingerprint density at radius 3 is 2.85 bits per heavy atom. The monoisotopic (exact) mass is 392 g/mol. The topological polar surface area (TPSA) is 66.8 Å². The Balaban J connectivity index is 0.00000200. The molecule has 114 valence electrons. The van der Waals surface area contributed by atoms with Gasteiger partial charge in [0.1, 0.15) is 5.76 Å². The van der Waals surface area contributed by atoms with Gasteiger partial charge in [0.2, 0.25) is 0 Å². The Bertz CT molecular complexity index is 388. The minimum Gasteiger partial charge on any atom is -0.468 e. The van der Waals surface area contributed by atoms with Crippen LogP contribution in [0.3, 0.4) is 0 Å². The van der Waals surface area contributed by atoms with E-state index in [1.165, 1.54) is 12.8 Å².